The zero-order valence-corrected chi connectivity index (χ0v) is 13.7. The first kappa shape index (κ1) is 14.1. The molecule has 0 atom stereocenters. The molecule has 0 bridgehead atoms. The summed E-state index contributed by atoms with van der Waals surface area (Å²) in [5.74, 6) is 0.0230. The van der Waals surface area contributed by atoms with Crippen LogP contribution in [0.4, 0.5) is 5.69 Å². The summed E-state index contributed by atoms with van der Waals surface area (Å²) in [5.41, 5.74) is 5.39. The molecule has 4 heteroatoms. The molecule has 1 aliphatic rings. The van der Waals surface area contributed by atoms with Gasteiger partial charge in [0.15, 0.2) is 0 Å². The molecular weight excluding hydrogens is 310 g/mol. The minimum absolute atomic E-state index is 0.0230. The molecule has 2 aromatic heterocycles. The maximum atomic E-state index is 13.3. The van der Waals surface area contributed by atoms with E-state index in [9.17, 15) is 4.79 Å². The number of fused-ring (bicyclic) bond motifs is 2. The van der Waals surface area contributed by atoms with Crippen LogP contribution in [0.2, 0.25) is 0 Å². The SMILES string of the molecule is Cc1ccc2nc3cccc4c3c(c2c1)C(=O)N4Cc1ccccn1. The van der Waals surface area contributed by atoms with Crippen LogP contribution in [-0.4, -0.2) is 15.9 Å². The quantitative estimate of drug-likeness (QED) is 0.518. The van der Waals surface area contributed by atoms with Gasteiger partial charge in [-0.1, -0.05) is 23.8 Å². The number of aryl methyl sites for hydroxylation is 1. The zero-order chi connectivity index (χ0) is 17.0. The molecule has 5 rings (SSSR count). The van der Waals surface area contributed by atoms with Crippen LogP contribution < -0.4 is 4.90 Å². The average Bonchev–Trinajstić information content (AvgIpc) is 2.91. The lowest BCUT2D eigenvalue weighted by molar-refractivity contribution is 0.0992. The molecule has 120 valence electrons. The van der Waals surface area contributed by atoms with Gasteiger partial charge in [0.05, 0.1) is 34.5 Å². The lowest BCUT2D eigenvalue weighted by Crippen LogP contribution is -2.26. The Kier molecular flexibility index (Phi) is 2.88. The van der Waals surface area contributed by atoms with E-state index >= 15 is 0 Å². The highest BCUT2D eigenvalue weighted by atomic mass is 16.2. The molecule has 4 aromatic rings. The molecule has 0 N–H and O–H groups in total. The van der Waals surface area contributed by atoms with Gasteiger partial charge in [0.1, 0.15) is 0 Å². The summed E-state index contributed by atoms with van der Waals surface area (Å²) >= 11 is 0. The van der Waals surface area contributed by atoms with E-state index in [1.807, 2.05) is 60.4 Å². The molecule has 0 spiro atoms. The van der Waals surface area contributed by atoms with Gasteiger partial charge < -0.3 is 4.90 Å². The number of rotatable bonds is 2. The number of hydrogen-bond acceptors (Lipinski definition) is 3. The van der Waals surface area contributed by atoms with Crippen molar-refractivity contribution >= 4 is 33.4 Å². The van der Waals surface area contributed by atoms with E-state index in [1.54, 1.807) is 6.20 Å². The highest BCUT2D eigenvalue weighted by molar-refractivity contribution is 6.30. The largest absolute Gasteiger partial charge is 0.302 e. The molecule has 0 radical (unpaired) electrons. The summed E-state index contributed by atoms with van der Waals surface area (Å²) < 4.78 is 0. The zero-order valence-electron chi connectivity index (χ0n) is 13.7. The Morgan fingerprint density at radius 3 is 2.76 bits per heavy atom. The van der Waals surface area contributed by atoms with Crippen LogP contribution in [-0.2, 0) is 6.54 Å². The third-order valence-electron chi connectivity index (χ3n) is 4.73. The van der Waals surface area contributed by atoms with Crippen LogP contribution in [0, 0.1) is 6.92 Å². The van der Waals surface area contributed by atoms with Crippen molar-refractivity contribution in [3.63, 3.8) is 0 Å². The van der Waals surface area contributed by atoms with Crippen molar-refractivity contribution in [2.75, 3.05) is 4.90 Å². The summed E-state index contributed by atoms with van der Waals surface area (Å²) in [6.07, 6.45) is 1.75. The van der Waals surface area contributed by atoms with E-state index in [-0.39, 0.29) is 5.91 Å². The number of aromatic nitrogens is 2. The molecule has 25 heavy (non-hydrogen) atoms. The normalized spacial score (nSPS) is 13.2. The Morgan fingerprint density at radius 1 is 1.00 bits per heavy atom. The molecule has 2 aromatic carbocycles. The summed E-state index contributed by atoms with van der Waals surface area (Å²) in [5, 5.41) is 1.87. The van der Waals surface area contributed by atoms with Crippen LogP contribution in [0.3, 0.4) is 0 Å². The summed E-state index contributed by atoms with van der Waals surface area (Å²) in [6.45, 7) is 2.49. The fraction of sp³-hybridized carbons (Fsp3) is 0.0952. The van der Waals surface area contributed by atoms with Gasteiger partial charge in [0.2, 0.25) is 0 Å². The third kappa shape index (κ3) is 2.04. The van der Waals surface area contributed by atoms with E-state index in [0.717, 1.165) is 44.3 Å². The van der Waals surface area contributed by atoms with Crippen LogP contribution in [0.25, 0.3) is 21.8 Å². The maximum Gasteiger partial charge on any atom is 0.260 e. The van der Waals surface area contributed by atoms with Gasteiger partial charge >= 0.3 is 0 Å². The minimum Gasteiger partial charge on any atom is -0.302 e. The first-order valence-electron chi connectivity index (χ1n) is 8.27. The van der Waals surface area contributed by atoms with Gasteiger partial charge in [-0.25, -0.2) is 4.98 Å². The molecule has 0 saturated carbocycles. The molecule has 0 fully saturated rings. The molecule has 0 unspecified atom stereocenters. The van der Waals surface area contributed by atoms with Crippen LogP contribution in [0.5, 0.6) is 0 Å². The maximum absolute atomic E-state index is 13.3. The van der Waals surface area contributed by atoms with Gasteiger partial charge in [0, 0.05) is 17.0 Å². The van der Waals surface area contributed by atoms with E-state index in [4.69, 9.17) is 4.98 Å². The number of nitrogens with zero attached hydrogens (tertiary/aromatic N) is 3. The summed E-state index contributed by atoms with van der Waals surface area (Å²) in [7, 11) is 0. The molecule has 4 nitrogen and oxygen atoms in total. The third-order valence-corrected chi connectivity index (χ3v) is 4.73. The smallest absolute Gasteiger partial charge is 0.260 e. The van der Waals surface area contributed by atoms with E-state index in [0.29, 0.717) is 6.54 Å². The Balaban J connectivity index is 1.77. The predicted octanol–water partition coefficient (Wildman–Crippen LogP) is 4.25. The second-order valence-electron chi connectivity index (χ2n) is 6.39. The highest BCUT2D eigenvalue weighted by Crippen LogP contribution is 2.40. The Hall–Kier alpha value is -3.27. The first-order chi connectivity index (χ1) is 12.2. The summed E-state index contributed by atoms with van der Waals surface area (Å²) in [6, 6.07) is 17.8. The van der Waals surface area contributed by atoms with Gasteiger partial charge in [-0.15, -0.1) is 0 Å². The number of amides is 1. The summed E-state index contributed by atoms with van der Waals surface area (Å²) in [4.78, 5) is 24.2. The molecule has 0 aliphatic carbocycles. The van der Waals surface area contributed by atoms with Crippen molar-refractivity contribution in [2.24, 2.45) is 0 Å². The van der Waals surface area contributed by atoms with Crippen molar-refractivity contribution in [1.29, 1.82) is 0 Å². The van der Waals surface area contributed by atoms with Crippen LogP contribution in [0.1, 0.15) is 21.6 Å². The molecule has 1 aliphatic heterocycles. The lowest BCUT2D eigenvalue weighted by atomic mass is 10.0. The van der Waals surface area contributed by atoms with Crippen molar-refractivity contribution < 1.29 is 4.79 Å². The van der Waals surface area contributed by atoms with E-state index in [2.05, 4.69) is 11.1 Å². The van der Waals surface area contributed by atoms with Crippen LogP contribution in [0.15, 0.2) is 60.8 Å². The van der Waals surface area contributed by atoms with Crippen molar-refractivity contribution in [3.05, 3.63) is 77.6 Å². The minimum atomic E-state index is 0.0230. The lowest BCUT2D eigenvalue weighted by Gasteiger charge is -2.17. The predicted molar refractivity (Wildman–Crippen MR) is 98.7 cm³/mol. The topological polar surface area (TPSA) is 46.1 Å². The van der Waals surface area contributed by atoms with Gasteiger partial charge in [0.25, 0.3) is 5.91 Å². The Bertz CT molecular complexity index is 1150. The fourth-order valence-corrected chi connectivity index (χ4v) is 3.59. The monoisotopic (exact) mass is 325 g/mol. The van der Waals surface area contributed by atoms with Crippen molar-refractivity contribution in [1.82, 2.24) is 9.97 Å². The number of carbonyl (C=O) groups is 1. The highest BCUT2D eigenvalue weighted by Gasteiger charge is 2.32. The van der Waals surface area contributed by atoms with Crippen molar-refractivity contribution in [2.45, 2.75) is 13.5 Å². The Morgan fingerprint density at radius 2 is 1.92 bits per heavy atom. The van der Waals surface area contributed by atoms with Crippen molar-refractivity contribution in [3.8, 4) is 0 Å². The number of pyridine rings is 2. The molecular formula is C21H15N3O. The van der Waals surface area contributed by atoms with Crippen LogP contribution >= 0.6 is 0 Å². The molecule has 3 heterocycles. The number of carbonyl (C=O) groups excluding carboxylic acids is 1. The molecule has 1 amide bonds. The standard InChI is InChI=1S/C21H15N3O/c1-13-8-9-16-15(11-13)19-20-17(23-16)6-4-7-18(20)24(21(19)25)12-14-5-2-3-10-22-14/h2-11H,12H2,1H3. The van der Waals surface area contributed by atoms with E-state index in [1.165, 1.54) is 0 Å². The number of hydrogen-bond donors (Lipinski definition) is 0. The fourth-order valence-electron chi connectivity index (χ4n) is 3.59. The molecule has 0 saturated heterocycles. The first-order valence-corrected chi connectivity index (χ1v) is 8.27. The van der Waals surface area contributed by atoms with Gasteiger partial charge in [-0.05, 0) is 43.3 Å². The van der Waals surface area contributed by atoms with Gasteiger partial charge in [-0.3, -0.25) is 9.78 Å². The Labute approximate surface area is 144 Å². The van der Waals surface area contributed by atoms with E-state index < -0.39 is 0 Å². The average molecular weight is 325 g/mol. The second kappa shape index (κ2) is 5.11. The van der Waals surface area contributed by atoms with Gasteiger partial charge in [-0.2, -0.15) is 0 Å². The number of benzene rings is 2. The second-order valence-corrected chi connectivity index (χ2v) is 6.39. The number of anilines is 1.